The molecule has 1 aromatic heterocycles. The van der Waals surface area contributed by atoms with E-state index < -0.39 is 0 Å². The van der Waals surface area contributed by atoms with E-state index >= 15 is 0 Å². The Kier molecular flexibility index (Phi) is 3.38. The van der Waals surface area contributed by atoms with E-state index in [1.165, 1.54) is 0 Å². The Hall–Kier alpha value is -2.04. The first-order chi connectivity index (χ1) is 11.4. The van der Waals surface area contributed by atoms with Crippen molar-refractivity contribution in [3.8, 4) is 11.1 Å². The lowest BCUT2D eigenvalue weighted by Crippen LogP contribution is -2.41. The molecule has 1 fully saturated rings. The molecule has 4 heteroatoms. The summed E-state index contributed by atoms with van der Waals surface area (Å²) in [5, 5.41) is 1.11. The summed E-state index contributed by atoms with van der Waals surface area (Å²) in [4.78, 5) is 0. The maximum atomic E-state index is 6.16. The van der Waals surface area contributed by atoms with Crippen LogP contribution in [0.2, 0.25) is 0 Å². The van der Waals surface area contributed by atoms with Crippen LogP contribution in [0.15, 0.2) is 59.2 Å². The first-order valence-electron chi connectivity index (χ1n) is 8.30. The molecule has 0 atom stereocenters. The van der Waals surface area contributed by atoms with Crippen LogP contribution in [0.1, 0.15) is 27.7 Å². The number of rotatable bonds is 2. The highest BCUT2D eigenvalue weighted by atomic mass is 16.7. The average Bonchev–Trinajstić information content (AvgIpc) is 3.06. The summed E-state index contributed by atoms with van der Waals surface area (Å²) in [5.74, 6) is 0. The third-order valence-corrected chi connectivity index (χ3v) is 5.20. The van der Waals surface area contributed by atoms with Crippen molar-refractivity contribution >= 4 is 23.6 Å². The van der Waals surface area contributed by atoms with E-state index in [9.17, 15) is 0 Å². The molecule has 0 amide bonds. The molecular formula is C20H21BO3. The highest BCUT2D eigenvalue weighted by Crippen LogP contribution is 2.37. The molecule has 0 aliphatic carbocycles. The maximum absolute atomic E-state index is 6.16. The zero-order valence-corrected chi connectivity index (χ0v) is 14.5. The fourth-order valence-electron chi connectivity index (χ4n) is 3.03. The monoisotopic (exact) mass is 320 g/mol. The topological polar surface area (TPSA) is 31.6 Å². The van der Waals surface area contributed by atoms with Crippen LogP contribution in [0.25, 0.3) is 22.1 Å². The number of furan rings is 1. The predicted octanol–water partition coefficient (Wildman–Crippen LogP) is 4.40. The van der Waals surface area contributed by atoms with E-state index in [-0.39, 0.29) is 18.3 Å². The van der Waals surface area contributed by atoms with Gasteiger partial charge < -0.3 is 13.7 Å². The van der Waals surface area contributed by atoms with E-state index in [4.69, 9.17) is 13.7 Å². The zero-order chi connectivity index (χ0) is 16.9. The summed E-state index contributed by atoms with van der Waals surface area (Å²) in [7, 11) is -0.354. The van der Waals surface area contributed by atoms with Gasteiger partial charge in [0.15, 0.2) is 0 Å². The molecule has 2 aromatic carbocycles. The van der Waals surface area contributed by atoms with Gasteiger partial charge in [-0.1, -0.05) is 42.5 Å². The van der Waals surface area contributed by atoms with Gasteiger partial charge in [0.25, 0.3) is 0 Å². The third-order valence-electron chi connectivity index (χ3n) is 5.20. The van der Waals surface area contributed by atoms with Gasteiger partial charge in [-0.15, -0.1) is 0 Å². The van der Waals surface area contributed by atoms with Crippen LogP contribution in [-0.4, -0.2) is 18.3 Å². The van der Waals surface area contributed by atoms with Gasteiger partial charge in [-0.2, -0.15) is 0 Å². The Labute approximate surface area is 142 Å². The van der Waals surface area contributed by atoms with Gasteiger partial charge in [0.2, 0.25) is 0 Å². The van der Waals surface area contributed by atoms with E-state index in [0.29, 0.717) is 0 Å². The number of para-hydroxylation sites is 1. The normalized spacial score (nSPS) is 19.1. The third kappa shape index (κ3) is 2.38. The molecule has 0 N–H and O–H groups in total. The van der Waals surface area contributed by atoms with Crippen LogP contribution in [0.4, 0.5) is 0 Å². The second kappa shape index (κ2) is 5.23. The lowest BCUT2D eigenvalue weighted by Gasteiger charge is -2.32. The fourth-order valence-corrected chi connectivity index (χ4v) is 3.03. The van der Waals surface area contributed by atoms with Crippen molar-refractivity contribution in [2.45, 2.75) is 38.9 Å². The predicted molar refractivity (Wildman–Crippen MR) is 97.4 cm³/mol. The largest absolute Gasteiger partial charge is 0.494 e. The highest BCUT2D eigenvalue weighted by molar-refractivity contribution is 6.62. The molecule has 24 heavy (non-hydrogen) atoms. The van der Waals surface area contributed by atoms with E-state index in [1.54, 1.807) is 0 Å². The molecule has 1 saturated heterocycles. The molecule has 4 rings (SSSR count). The van der Waals surface area contributed by atoms with Crippen molar-refractivity contribution in [2.24, 2.45) is 0 Å². The van der Waals surface area contributed by atoms with Crippen LogP contribution in [0, 0.1) is 0 Å². The molecular weight excluding hydrogens is 299 g/mol. The van der Waals surface area contributed by atoms with Gasteiger partial charge in [-0.25, -0.2) is 0 Å². The van der Waals surface area contributed by atoms with E-state index in [0.717, 1.165) is 27.6 Å². The SMILES string of the molecule is CC1(C)OB(c2cccc(-c3coc4ccccc34)c2)OC1(C)C. The first kappa shape index (κ1) is 15.5. The Morgan fingerprint density at radius 2 is 1.54 bits per heavy atom. The molecule has 2 heterocycles. The van der Waals surface area contributed by atoms with Gasteiger partial charge in [0.1, 0.15) is 5.58 Å². The van der Waals surface area contributed by atoms with Crippen molar-refractivity contribution in [3.05, 3.63) is 54.8 Å². The number of hydrogen-bond donors (Lipinski definition) is 0. The van der Waals surface area contributed by atoms with Crippen LogP contribution in [0.3, 0.4) is 0 Å². The Balaban J connectivity index is 1.73. The summed E-state index contributed by atoms with van der Waals surface area (Å²) in [6.45, 7) is 8.28. The first-order valence-corrected chi connectivity index (χ1v) is 8.30. The van der Waals surface area contributed by atoms with Crippen molar-refractivity contribution in [2.75, 3.05) is 0 Å². The van der Waals surface area contributed by atoms with E-state index in [2.05, 4.69) is 45.9 Å². The van der Waals surface area contributed by atoms with Gasteiger partial charge >= 0.3 is 7.12 Å². The van der Waals surface area contributed by atoms with Gasteiger partial charge in [0, 0.05) is 10.9 Å². The Bertz CT molecular complexity index is 879. The summed E-state index contributed by atoms with van der Waals surface area (Å²) >= 11 is 0. The average molecular weight is 320 g/mol. The highest BCUT2D eigenvalue weighted by Gasteiger charge is 2.51. The Morgan fingerprint density at radius 1 is 0.833 bits per heavy atom. The smallest absolute Gasteiger partial charge is 0.464 e. The molecule has 0 radical (unpaired) electrons. The fraction of sp³-hybridized carbons (Fsp3) is 0.300. The molecule has 1 aliphatic heterocycles. The summed E-state index contributed by atoms with van der Waals surface area (Å²) in [5.41, 5.74) is 3.44. The second-order valence-electron chi connectivity index (χ2n) is 7.36. The van der Waals surface area contributed by atoms with Crippen molar-refractivity contribution in [1.29, 1.82) is 0 Å². The Morgan fingerprint density at radius 3 is 2.29 bits per heavy atom. The molecule has 0 unspecified atom stereocenters. The lowest BCUT2D eigenvalue weighted by molar-refractivity contribution is 0.00578. The molecule has 0 spiro atoms. The molecule has 0 bridgehead atoms. The molecule has 0 saturated carbocycles. The number of benzene rings is 2. The molecule has 3 nitrogen and oxygen atoms in total. The summed E-state index contributed by atoms with van der Waals surface area (Å²) in [6, 6.07) is 16.4. The molecule has 1 aliphatic rings. The van der Waals surface area contributed by atoms with Gasteiger partial charge in [0.05, 0.1) is 17.5 Å². The molecule has 3 aromatic rings. The van der Waals surface area contributed by atoms with Gasteiger partial charge in [-0.3, -0.25) is 0 Å². The van der Waals surface area contributed by atoms with E-state index in [1.807, 2.05) is 36.6 Å². The summed E-state index contributed by atoms with van der Waals surface area (Å²) < 4.78 is 18.0. The standard InChI is InChI=1S/C20H21BO3/c1-19(2)20(3,4)24-21(23-19)15-9-7-8-14(12-15)17-13-22-18-11-6-5-10-16(17)18/h5-13H,1-4H3. The second-order valence-corrected chi connectivity index (χ2v) is 7.36. The molecule has 122 valence electrons. The minimum absolute atomic E-state index is 0.337. The van der Waals surface area contributed by atoms with Crippen molar-refractivity contribution in [3.63, 3.8) is 0 Å². The zero-order valence-electron chi connectivity index (χ0n) is 14.5. The van der Waals surface area contributed by atoms with Gasteiger partial charge in [-0.05, 0) is 44.8 Å². The van der Waals surface area contributed by atoms with Crippen LogP contribution in [-0.2, 0) is 9.31 Å². The number of hydrogen-bond acceptors (Lipinski definition) is 3. The van der Waals surface area contributed by atoms with Crippen LogP contribution < -0.4 is 5.46 Å². The van der Waals surface area contributed by atoms with Crippen molar-refractivity contribution in [1.82, 2.24) is 0 Å². The summed E-state index contributed by atoms with van der Waals surface area (Å²) in [6.07, 6.45) is 1.81. The van der Waals surface area contributed by atoms with Crippen LogP contribution in [0.5, 0.6) is 0 Å². The number of fused-ring (bicyclic) bond motifs is 1. The van der Waals surface area contributed by atoms with Crippen LogP contribution >= 0.6 is 0 Å². The maximum Gasteiger partial charge on any atom is 0.494 e. The lowest BCUT2D eigenvalue weighted by atomic mass is 9.78. The minimum atomic E-state index is -0.354. The minimum Gasteiger partial charge on any atom is -0.464 e. The van der Waals surface area contributed by atoms with Crippen molar-refractivity contribution < 1.29 is 13.7 Å². The quantitative estimate of drug-likeness (QED) is 0.656.